The quantitative estimate of drug-likeness (QED) is 0.780. The molecule has 2 aromatic rings. The normalized spacial score (nSPS) is 17.6. The lowest BCUT2D eigenvalue weighted by molar-refractivity contribution is 0.866. The van der Waals surface area contributed by atoms with Gasteiger partial charge in [0.1, 0.15) is 0 Å². The van der Waals surface area contributed by atoms with Gasteiger partial charge in [-0.05, 0) is 29.0 Å². The van der Waals surface area contributed by atoms with Gasteiger partial charge in [-0.3, -0.25) is 0 Å². The van der Waals surface area contributed by atoms with E-state index in [1.807, 2.05) is 23.5 Å². The molecule has 1 aliphatic rings. The first-order valence-corrected chi connectivity index (χ1v) is 9.16. The minimum atomic E-state index is 0.420. The third-order valence-electron chi connectivity index (χ3n) is 3.49. The lowest BCUT2D eigenvalue weighted by atomic mass is 10.0. The summed E-state index contributed by atoms with van der Waals surface area (Å²) >= 11 is 3.92. The van der Waals surface area contributed by atoms with Gasteiger partial charge in [-0.25, -0.2) is 0 Å². The molecule has 0 amide bonds. The lowest BCUT2D eigenvalue weighted by Crippen LogP contribution is -2.19. The van der Waals surface area contributed by atoms with Crippen LogP contribution in [-0.4, -0.2) is 11.5 Å². The summed E-state index contributed by atoms with van der Waals surface area (Å²) in [6, 6.07) is 17.9. The van der Waals surface area contributed by atoms with E-state index in [1.165, 1.54) is 21.7 Å². The Balaban J connectivity index is 1.86. The summed E-state index contributed by atoms with van der Waals surface area (Å²) in [4.78, 5) is 1.35. The van der Waals surface area contributed by atoms with Gasteiger partial charge in [-0.2, -0.15) is 11.8 Å². The van der Waals surface area contributed by atoms with Crippen LogP contribution in [-0.2, 0) is 5.75 Å². The van der Waals surface area contributed by atoms with Crippen molar-refractivity contribution in [2.24, 2.45) is 0 Å². The predicted molar refractivity (Wildman–Crippen MR) is 91.8 cm³/mol. The molecule has 0 aromatic heterocycles. The number of para-hydroxylation sites is 1. The molecule has 1 N–H and O–H groups in total. The van der Waals surface area contributed by atoms with Gasteiger partial charge in [0, 0.05) is 22.1 Å². The van der Waals surface area contributed by atoms with Gasteiger partial charge in [0.05, 0.1) is 6.04 Å². The van der Waals surface area contributed by atoms with Crippen LogP contribution in [0.2, 0.25) is 0 Å². The van der Waals surface area contributed by atoms with Crippen molar-refractivity contribution in [3.63, 3.8) is 0 Å². The van der Waals surface area contributed by atoms with E-state index in [-0.39, 0.29) is 0 Å². The smallest absolute Gasteiger partial charge is 0.0607 e. The van der Waals surface area contributed by atoms with Crippen LogP contribution >= 0.6 is 23.5 Å². The van der Waals surface area contributed by atoms with Crippen molar-refractivity contribution in [3.05, 3.63) is 59.7 Å². The van der Waals surface area contributed by atoms with Crippen LogP contribution in [0.3, 0.4) is 0 Å². The summed E-state index contributed by atoms with van der Waals surface area (Å²) in [7, 11) is 0. The van der Waals surface area contributed by atoms with Crippen molar-refractivity contribution >= 4 is 29.2 Å². The first-order valence-electron chi connectivity index (χ1n) is 7.02. The van der Waals surface area contributed by atoms with Gasteiger partial charge >= 0.3 is 0 Å². The Labute approximate surface area is 129 Å². The molecule has 3 heteroatoms. The summed E-state index contributed by atoms with van der Waals surface area (Å²) in [5, 5.41) is 3.75. The zero-order valence-electron chi connectivity index (χ0n) is 11.6. The molecule has 1 nitrogen and oxygen atoms in total. The molecule has 3 rings (SSSR count). The van der Waals surface area contributed by atoms with E-state index >= 15 is 0 Å². The number of thioether (sulfide) groups is 2. The van der Waals surface area contributed by atoms with Crippen LogP contribution < -0.4 is 5.32 Å². The third kappa shape index (κ3) is 2.99. The van der Waals surface area contributed by atoms with Crippen molar-refractivity contribution in [2.75, 3.05) is 16.8 Å². The second kappa shape index (κ2) is 6.59. The molecule has 0 saturated heterocycles. The zero-order chi connectivity index (χ0) is 13.8. The maximum atomic E-state index is 3.75. The lowest BCUT2D eigenvalue weighted by Gasteiger charge is -2.27. The van der Waals surface area contributed by atoms with Gasteiger partial charge in [0.15, 0.2) is 0 Å². The van der Waals surface area contributed by atoms with Crippen LogP contribution in [0, 0.1) is 0 Å². The van der Waals surface area contributed by atoms with E-state index in [4.69, 9.17) is 0 Å². The Morgan fingerprint density at radius 2 is 1.95 bits per heavy atom. The van der Waals surface area contributed by atoms with Gasteiger partial charge in [-0.1, -0.05) is 43.3 Å². The Kier molecular flexibility index (Phi) is 4.58. The molecule has 20 heavy (non-hydrogen) atoms. The Morgan fingerprint density at radius 3 is 2.85 bits per heavy atom. The number of fused-ring (bicyclic) bond motifs is 1. The monoisotopic (exact) mass is 301 g/mol. The number of benzene rings is 2. The van der Waals surface area contributed by atoms with Crippen molar-refractivity contribution in [2.45, 2.75) is 23.6 Å². The molecule has 0 saturated carbocycles. The standard InChI is InChI=1S/C17H19NS2/c1-2-20-17-10-6-5-9-15(17)18-16-12-19-11-13-7-3-4-8-14(13)16/h3-10,16,18H,2,11-12H2,1H3. The highest BCUT2D eigenvalue weighted by atomic mass is 32.2. The van der Waals surface area contributed by atoms with Gasteiger partial charge in [0.25, 0.3) is 0 Å². The predicted octanol–water partition coefficient (Wildman–Crippen LogP) is 5.20. The van der Waals surface area contributed by atoms with E-state index in [1.54, 1.807) is 0 Å². The number of hydrogen-bond donors (Lipinski definition) is 1. The molecule has 1 atom stereocenters. The molecular weight excluding hydrogens is 282 g/mol. The topological polar surface area (TPSA) is 12.0 Å². The zero-order valence-corrected chi connectivity index (χ0v) is 13.3. The molecule has 1 heterocycles. The maximum Gasteiger partial charge on any atom is 0.0607 e. The minimum absolute atomic E-state index is 0.420. The maximum absolute atomic E-state index is 3.75. The van der Waals surface area contributed by atoms with Crippen molar-refractivity contribution in [1.29, 1.82) is 0 Å². The van der Waals surface area contributed by atoms with E-state index in [2.05, 4.69) is 60.8 Å². The van der Waals surface area contributed by atoms with E-state index in [0.717, 1.165) is 17.3 Å². The second-order valence-corrected chi connectivity index (χ2v) is 7.18. The van der Waals surface area contributed by atoms with Crippen LogP contribution in [0.4, 0.5) is 5.69 Å². The number of rotatable bonds is 4. The highest BCUT2D eigenvalue weighted by molar-refractivity contribution is 7.99. The summed E-state index contributed by atoms with van der Waals surface area (Å²) in [5.74, 6) is 3.39. The van der Waals surface area contributed by atoms with E-state index in [0.29, 0.717) is 6.04 Å². The molecule has 0 spiro atoms. The first kappa shape index (κ1) is 13.9. The fraction of sp³-hybridized carbons (Fsp3) is 0.294. The highest BCUT2D eigenvalue weighted by Crippen LogP contribution is 2.36. The Hall–Kier alpha value is -1.06. The second-order valence-electron chi connectivity index (χ2n) is 4.84. The summed E-state index contributed by atoms with van der Waals surface area (Å²) in [6.07, 6.45) is 0. The molecular formula is C17H19NS2. The molecule has 2 aromatic carbocycles. The van der Waals surface area contributed by atoms with E-state index < -0.39 is 0 Å². The van der Waals surface area contributed by atoms with Crippen LogP contribution in [0.1, 0.15) is 24.1 Å². The van der Waals surface area contributed by atoms with Crippen LogP contribution in [0.25, 0.3) is 0 Å². The summed E-state index contributed by atoms with van der Waals surface area (Å²) < 4.78 is 0. The fourth-order valence-electron chi connectivity index (χ4n) is 2.56. The van der Waals surface area contributed by atoms with Gasteiger partial charge < -0.3 is 5.32 Å². The number of anilines is 1. The summed E-state index contributed by atoms with van der Waals surface area (Å²) in [6.45, 7) is 2.20. The first-order chi connectivity index (χ1) is 9.88. The van der Waals surface area contributed by atoms with Crippen molar-refractivity contribution < 1.29 is 0 Å². The van der Waals surface area contributed by atoms with Crippen molar-refractivity contribution in [1.82, 2.24) is 0 Å². The van der Waals surface area contributed by atoms with E-state index in [9.17, 15) is 0 Å². The SMILES string of the molecule is CCSc1ccccc1NC1CSCc2ccccc21. The number of hydrogen-bond acceptors (Lipinski definition) is 3. The average Bonchev–Trinajstić information content (AvgIpc) is 2.50. The minimum Gasteiger partial charge on any atom is -0.376 e. The molecule has 0 radical (unpaired) electrons. The molecule has 1 aliphatic heterocycles. The van der Waals surface area contributed by atoms with Gasteiger partial charge in [-0.15, -0.1) is 11.8 Å². The molecule has 104 valence electrons. The molecule has 0 fully saturated rings. The van der Waals surface area contributed by atoms with Crippen LogP contribution in [0.15, 0.2) is 53.4 Å². The summed E-state index contributed by atoms with van der Waals surface area (Å²) in [5.41, 5.74) is 4.20. The Morgan fingerprint density at radius 1 is 1.15 bits per heavy atom. The molecule has 0 aliphatic carbocycles. The van der Waals surface area contributed by atoms with Crippen molar-refractivity contribution in [3.8, 4) is 0 Å². The largest absolute Gasteiger partial charge is 0.376 e. The molecule has 0 bridgehead atoms. The molecule has 1 unspecified atom stereocenters. The van der Waals surface area contributed by atoms with Crippen LogP contribution in [0.5, 0.6) is 0 Å². The highest BCUT2D eigenvalue weighted by Gasteiger charge is 2.20. The fourth-order valence-corrected chi connectivity index (χ4v) is 4.42. The van der Waals surface area contributed by atoms with Gasteiger partial charge in [0.2, 0.25) is 0 Å². The Bertz CT molecular complexity index is 583. The number of nitrogens with one attached hydrogen (secondary N) is 1. The third-order valence-corrected chi connectivity index (χ3v) is 5.53. The average molecular weight is 301 g/mol.